The average Bonchev–Trinajstić information content (AvgIpc) is 2.62. The molecule has 0 aromatic heterocycles. The molecule has 0 heterocycles. The molecule has 0 aromatic carbocycles. The molecule has 0 saturated carbocycles. The van der Waals surface area contributed by atoms with Gasteiger partial charge in [-0.25, -0.2) is 4.79 Å². The molecule has 0 aromatic rings. The van der Waals surface area contributed by atoms with E-state index in [0.717, 1.165) is 24.9 Å². The second-order valence-corrected chi connectivity index (χ2v) is 10.2. The van der Waals surface area contributed by atoms with Gasteiger partial charge in [-0.15, -0.1) is 0 Å². The van der Waals surface area contributed by atoms with E-state index >= 15 is 0 Å². The quantitative estimate of drug-likeness (QED) is 0.152. The monoisotopic (exact) mass is 358 g/mol. The van der Waals surface area contributed by atoms with Crippen LogP contribution >= 0.6 is 0 Å². The molecular formula is C19H38O4Si. The van der Waals surface area contributed by atoms with E-state index in [0.29, 0.717) is 6.61 Å². The van der Waals surface area contributed by atoms with Crippen LogP contribution in [0.3, 0.4) is 0 Å². The van der Waals surface area contributed by atoms with Gasteiger partial charge >= 0.3 is 14.5 Å². The zero-order valence-electron chi connectivity index (χ0n) is 16.1. The first-order chi connectivity index (χ1) is 11.6. The van der Waals surface area contributed by atoms with Crippen molar-refractivity contribution in [3.05, 3.63) is 12.7 Å². The van der Waals surface area contributed by atoms with E-state index in [1.165, 1.54) is 57.4 Å². The van der Waals surface area contributed by atoms with Crippen molar-refractivity contribution in [2.75, 3.05) is 20.8 Å². The molecule has 0 aliphatic heterocycles. The highest BCUT2D eigenvalue weighted by Crippen LogP contribution is 2.21. The van der Waals surface area contributed by atoms with Gasteiger partial charge < -0.3 is 13.6 Å². The Labute approximate surface area is 150 Å². The minimum Gasteiger partial charge on any atom is -0.463 e. The number of carbonyl (C=O) groups is 1. The van der Waals surface area contributed by atoms with Gasteiger partial charge in [0.05, 0.1) is 6.61 Å². The molecule has 0 fully saturated rings. The summed E-state index contributed by atoms with van der Waals surface area (Å²) in [4.78, 5) is 10.8. The maximum atomic E-state index is 10.8. The minimum absolute atomic E-state index is 0.315. The predicted molar refractivity (Wildman–Crippen MR) is 102 cm³/mol. The fourth-order valence-electron chi connectivity index (χ4n) is 2.90. The second-order valence-electron chi connectivity index (χ2n) is 6.33. The summed E-state index contributed by atoms with van der Waals surface area (Å²) in [5, 5.41) is 0. The van der Waals surface area contributed by atoms with Crippen LogP contribution in [0, 0.1) is 0 Å². The van der Waals surface area contributed by atoms with Crippen LogP contribution in [-0.4, -0.2) is 35.4 Å². The Bertz CT molecular complexity index is 308. The highest BCUT2D eigenvalue weighted by atomic mass is 28.4. The third-order valence-electron chi connectivity index (χ3n) is 4.65. The molecule has 0 N–H and O–H groups in total. The van der Waals surface area contributed by atoms with Crippen LogP contribution in [0.25, 0.3) is 0 Å². The molecule has 0 aliphatic rings. The van der Waals surface area contributed by atoms with Gasteiger partial charge in [-0.05, 0) is 18.5 Å². The molecule has 0 rings (SSSR count). The molecule has 0 bridgehead atoms. The molecule has 0 aliphatic carbocycles. The first kappa shape index (κ1) is 23.3. The van der Waals surface area contributed by atoms with Crippen LogP contribution in [-0.2, 0) is 18.4 Å². The van der Waals surface area contributed by atoms with E-state index in [1.54, 1.807) is 14.2 Å². The van der Waals surface area contributed by atoms with Crippen LogP contribution in [0.4, 0.5) is 0 Å². The number of hydrogen-bond acceptors (Lipinski definition) is 4. The Morgan fingerprint density at radius 3 is 1.75 bits per heavy atom. The highest BCUT2D eigenvalue weighted by molar-refractivity contribution is 6.67. The molecule has 142 valence electrons. The lowest BCUT2D eigenvalue weighted by Crippen LogP contribution is -2.38. The Morgan fingerprint density at radius 1 is 0.875 bits per heavy atom. The largest absolute Gasteiger partial charge is 0.463 e. The number of esters is 1. The summed E-state index contributed by atoms with van der Waals surface area (Å²) in [6.07, 6.45) is 13.6. The third-order valence-corrected chi connectivity index (χ3v) is 8.33. The van der Waals surface area contributed by atoms with E-state index in [-0.39, 0.29) is 5.97 Å². The van der Waals surface area contributed by atoms with E-state index in [2.05, 4.69) is 13.5 Å². The van der Waals surface area contributed by atoms with Crippen molar-refractivity contribution in [3.63, 3.8) is 0 Å². The van der Waals surface area contributed by atoms with Crippen LogP contribution in [0.2, 0.25) is 12.1 Å². The van der Waals surface area contributed by atoms with Crippen molar-refractivity contribution in [2.24, 2.45) is 0 Å². The Kier molecular flexibility index (Phi) is 15.4. The molecule has 0 atom stereocenters. The van der Waals surface area contributed by atoms with Crippen LogP contribution in [0.5, 0.6) is 0 Å². The van der Waals surface area contributed by atoms with Gasteiger partial charge in [-0.1, -0.05) is 71.3 Å². The molecule has 0 radical (unpaired) electrons. The topological polar surface area (TPSA) is 44.8 Å². The Balaban J connectivity index is 3.31. The van der Waals surface area contributed by atoms with Crippen molar-refractivity contribution in [3.8, 4) is 0 Å². The van der Waals surface area contributed by atoms with Crippen LogP contribution in [0.15, 0.2) is 12.7 Å². The first-order valence-corrected chi connectivity index (χ1v) is 11.8. The van der Waals surface area contributed by atoms with E-state index in [9.17, 15) is 4.79 Å². The summed E-state index contributed by atoms with van der Waals surface area (Å²) in [6.45, 7) is 6.07. The van der Waals surface area contributed by atoms with Crippen molar-refractivity contribution in [1.29, 1.82) is 0 Å². The smallest absolute Gasteiger partial charge is 0.337 e. The summed E-state index contributed by atoms with van der Waals surface area (Å²) < 4.78 is 16.2. The first-order valence-electron chi connectivity index (χ1n) is 9.53. The molecule has 0 saturated heterocycles. The zero-order valence-corrected chi connectivity index (χ0v) is 17.1. The lowest BCUT2D eigenvalue weighted by molar-refractivity contribution is -0.137. The van der Waals surface area contributed by atoms with Crippen LogP contribution in [0.1, 0.15) is 71.1 Å². The fraction of sp³-hybridized carbons (Fsp3) is 0.842. The average molecular weight is 359 g/mol. The van der Waals surface area contributed by atoms with Gasteiger partial charge in [0.1, 0.15) is 0 Å². The summed E-state index contributed by atoms with van der Waals surface area (Å²) >= 11 is 0. The van der Waals surface area contributed by atoms with Gasteiger partial charge in [0, 0.05) is 20.3 Å². The second kappa shape index (κ2) is 15.9. The molecule has 0 spiro atoms. The number of unbranched alkanes of at least 4 members (excludes halogenated alkanes) is 9. The SMILES string of the molecule is C=CC(=O)OCCCCCCCCCCCC[Si](CC)(OC)OC. The van der Waals surface area contributed by atoms with Gasteiger partial charge in [-0.2, -0.15) is 0 Å². The summed E-state index contributed by atoms with van der Waals surface area (Å²) in [7, 11) is 1.73. The lowest BCUT2D eigenvalue weighted by Gasteiger charge is -2.25. The normalized spacial score (nSPS) is 11.5. The predicted octanol–water partition coefficient (Wildman–Crippen LogP) is 5.37. The van der Waals surface area contributed by atoms with Crippen molar-refractivity contribution in [2.45, 2.75) is 83.2 Å². The fourth-order valence-corrected chi connectivity index (χ4v) is 5.19. The number of hydrogen-bond donors (Lipinski definition) is 0. The molecule has 24 heavy (non-hydrogen) atoms. The molecule has 5 heteroatoms. The molecule has 4 nitrogen and oxygen atoms in total. The van der Waals surface area contributed by atoms with E-state index in [4.69, 9.17) is 13.6 Å². The summed E-state index contributed by atoms with van der Waals surface area (Å²) in [5.74, 6) is -0.315. The zero-order chi connectivity index (χ0) is 18.1. The van der Waals surface area contributed by atoms with Crippen molar-refractivity contribution >= 4 is 14.5 Å². The van der Waals surface area contributed by atoms with E-state index < -0.39 is 8.56 Å². The van der Waals surface area contributed by atoms with Gasteiger partial charge in [0.2, 0.25) is 0 Å². The minimum atomic E-state index is -1.86. The Hall–Kier alpha value is -0.653. The number of ether oxygens (including phenoxy) is 1. The molecule has 0 unspecified atom stereocenters. The van der Waals surface area contributed by atoms with Crippen LogP contribution < -0.4 is 0 Å². The van der Waals surface area contributed by atoms with Gasteiger partial charge in [0.25, 0.3) is 0 Å². The van der Waals surface area contributed by atoms with Gasteiger partial charge in [0.15, 0.2) is 0 Å². The van der Waals surface area contributed by atoms with Gasteiger partial charge in [-0.3, -0.25) is 0 Å². The summed E-state index contributed by atoms with van der Waals surface area (Å²) in [6, 6.07) is 2.15. The van der Waals surface area contributed by atoms with Crippen molar-refractivity contribution in [1.82, 2.24) is 0 Å². The lowest BCUT2D eigenvalue weighted by atomic mass is 10.1. The standard InChI is InChI=1S/C19H38O4Si/c1-5-19(20)23-17-15-13-11-9-7-8-10-12-14-16-18-24(6-2,21-3)22-4/h5H,1,6-18H2,2-4H3. The Morgan fingerprint density at radius 2 is 1.33 bits per heavy atom. The number of carbonyl (C=O) groups excluding carboxylic acids is 1. The van der Waals surface area contributed by atoms with E-state index in [1.807, 2.05) is 0 Å². The summed E-state index contributed by atoms with van der Waals surface area (Å²) in [5.41, 5.74) is 0. The van der Waals surface area contributed by atoms with Crippen molar-refractivity contribution < 1.29 is 18.4 Å². The molecular weight excluding hydrogens is 320 g/mol. The highest BCUT2D eigenvalue weighted by Gasteiger charge is 2.32. The maximum Gasteiger partial charge on any atom is 0.337 e. The third kappa shape index (κ3) is 11.8. The molecule has 0 amide bonds. The number of rotatable bonds is 17. The maximum absolute atomic E-state index is 10.8.